The third kappa shape index (κ3) is 2.96. The molecule has 0 atom stereocenters. The van der Waals surface area contributed by atoms with Crippen LogP contribution < -0.4 is 0 Å². The first-order chi connectivity index (χ1) is 5.53. The predicted molar refractivity (Wildman–Crippen MR) is 57.5 cm³/mol. The molecule has 0 saturated heterocycles. The van der Waals surface area contributed by atoms with Crippen LogP contribution in [0.25, 0.3) is 0 Å². The van der Waals surface area contributed by atoms with E-state index in [-0.39, 0.29) is 5.41 Å². The van der Waals surface area contributed by atoms with Crippen LogP contribution in [0.4, 0.5) is 0 Å². The summed E-state index contributed by atoms with van der Waals surface area (Å²) in [7, 11) is 0. The summed E-state index contributed by atoms with van der Waals surface area (Å²) in [5.74, 6) is 0.681. The minimum atomic E-state index is 0.173. The van der Waals surface area contributed by atoms with E-state index in [1.54, 1.807) is 11.3 Å². The van der Waals surface area contributed by atoms with Crippen LogP contribution in [-0.2, 0) is 6.42 Å². The van der Waals surface area contributed by atoms with Crippen molar-refractivity contribution in [3.8, 4) is 0 Å². The molecule has 0 amide bonds. The zero-order chi connectivity index (χ0) is 9.19. The molecule has 12 heavy (non-hydrogen) atoms. The summed E-state index contributed by atoms with van der Waals surface area (Å²) in [6.07, 6.45) is 1.000. The molecule has 1 aromatic rings. The van der Waals surface area contributed by atoms with Crippen LogP contribution in [0, 0.1) is 5.41 Å². The van der Waals surface area contributed by atoms with Gasteiger partial charge in [-0.15, -0.1) is 22.9 Å². The van der Waals surface area contributed by atoms with Gasteiger partial charge in [-0.05, 0) is 28.8 Å². The monoisotopic (exact) mass is 222 g/mol. The highest BCUT2D eigenvalue weighted by atomic mass is 35.5. The molecule has 1 aromatic heterocycles. The van der Waals surface area contributed by atoms with Gasteiger partial charge in [-0.1, -0.05) is 25.4 Å². The summed E-state index contributed by atoms with van der Waals surface area (Å²) in [6, 6.07) is 2.01. The molecular weight excluding hydrogens is 211 g/mol. The number of thiophene rings is 1. The Labute approximate surface area is 87.5 Å². The van der Waals surface area contributed by atoms with E-state index >= 15 is 0 Å². The van der Waals surface area contributed by atoms with Gasteiger partial charge in [-0.25, -0.2) is 0 Å². The third-order valence-electron chi connectivity index (χ3n) is 1.67. The van der Waals surface area contributed by atoms with Crippen LogP contribution in [0.3, 0.4) is 0 Å². The van der Waals surface area contributed by atoms with Crippen molar-refractivity contribution in [3.63, 3.8) is 0 Å². The maximum atomic E-state index is 5.82. The molecule has 3 heteroatoms. The average molecular weight is 223 g/mol. The first-order valence-corrected chi connectivity index (χ1v) is 5.61. The molecule has 68 valence electrons. The van der Waals surface area contributed by atoms with Crippen LogP contribution in [0.5, 0.6) is 0 Å². The highest BCUT2D eigenvalue weighted by Gasteiger charge is 2.17. The molecule has 1 rings (SSSR count). The largest absolute Gasteiger partial charge is 0.132 e. The second-order valence-corrected chi connectivity index (χ2v) is 5.54. The van der Waals surface area contributed by atoms with Crippen molar-refractivity contribution in [1.29, 1.82) is 0 Å². The molecule has 0 fully saturated rings. The predicted octanol–water partition coefficient (Wildman–Crippen LogP) is 4.21. The third-order valence-corrected chi connectivity index (χ3v) is 3.53. The number of alkyl halides is 1. The maximum Gasteiger partial charge on any atom is 0.0931 e. The molecular formula is C9H12Cl2S. The Bertz CT molecular complexity index is 253. The van der Waals surface area contributed by atoms with Gasteiger partial charge in [0.1, 0.15) is 0 Å². The Hall–Kier alpha value is 0.280. The van der Waals surface area contributed by atoms with Crippen molar-refractivity contribution in [3.05, 3.63) is 21.3 Å². The van der Waals surface area contributed by atoms with E-state index in [0.29, 0.717) is 5.88 Å². The molecule has 0 aliphatic rings. The molecule has 0 aromatic carbocycles. The Morgan fingerprint density at radius 1 is 1.50 bits per heavy atom. The maximum absolute atomic E-state index is 5.82. The Balaban J connectivity index is 2.63. The summed E-state index contributed by atoms with van der Waals surface area (Å²) >= 11 is 13.2. The van der Waals surface area contributed by atoms with Crippen LogP contribution in [0.2, 0.25) is 4.34 Å². The van der Waals surface area contributed by atoms with Gasteiger partial charge >= 0.3 is 0 Å². The number of hydrogen-bond acceptors (Lipinski definition) is 1. The first kappa shape index (κ1) is 10.4. The summed E-state index contributed by atoms with van der Waals surface area (Å²) in [6.45, 7) is 4.32. The van der Waals surface area contributed by atoms with Gasteiger partial charge in [0.25, 0.3) is 0 Å². The summed E-state index contributed by atoms with van der Waals surface area (Å²) in [4.78, 5) is 0. The lowest BCUT2D eigenvalue weighted by Crippen LogP contribution is -2.16. The second-order valence-electron chi connectivity index (χ2n) is 3.73. The van der Waals surface area contributed by atoms with Gasteiger partial charge in [0.05, 0.1) is 4.34 Å². The van der Waals surface area contributed by atoms with E-state index in [2.05, 4.69) is 19.2 Å². The first-order valence-electron chi connectivity index (χ1n) is 3.82. The molecule has 0 nitrogen and oxygen atoms in total. The lowest BCUT2D eigenvalue weighted by molar-refractivity contribution is 0.419. The molecule has 0 N–H and O–H groups in total. The zero-order valence-electron chi connectivity index (χ0n) is 7.23. The molecule has 0 aliphatic heterocycles. The highest BCUT2D eigenvalue weighted by molar-refractivity contribution is 7.14. The Morgan fingerprint density at radius 3 is 2.58 bits per heavy atom. The van der Waals surface area contributed by atoms with Crippen molar-refractivity contribution in [1.82, 2.24) is 0 Å². The topological polar surface area (TPSA) is 0 Å². The number of hydrogen-bond donors (Lipinski definition) is 0. The van der Waals surface area contributed by atoms with Gasteiger partial charge in [0, 0.05) is 5.88 Å². The van der Waals surface area contributed by atoms with Crippen molar-refractivity contribution in [2.24, 2.45) is 5.41 Å². The molecule has 0 bridgehead atoms. The smallest absolute Gasteiger partial charge is 0.0931 e. The SMILES string of the molecule is CC(C)(CCl)Cc1csc(Cl)c1. The quantitative estimate of drug-likeness (QED) is 0.673. The fourth-order valence-corrected chi connectivity index (χ4v) is 2.04. The van der Waals surface area contributed by atoms with Crippen molar-refractivity contribution in [2.45, 2.75) is 20.3 Å². The zero-order valence-corrected chi connectivity index (χ0v) is 9.56. The molecule has 0 unspecified atom stereocenters. The van der Waals surface area contributed by atoms with Gasteiger partial charge in [-0.2, -0.15) is 0 Å². The molecule has 0 aliphatic carbocycles. The van der Waals surface area contributed by atoms with Crippen molar-refractivity contribution in [2.75, 3.05) is 5.88 Å². The van der Waals surface area contributed by atoms with Gasteiger partial charge < -0.3 is 0 Å². The van der Waals surface area contributed by atoms with E-state index in [0.717, 1.165) is 10.8 Å². The van der Waals surface area contributed by atoms with Crippen LogP contribution in [-0.4, -0.2) is 5.88 Å². The van der Waals surface area contributed by atoms with Crippen LogP contribution >= 0.6 is 34.5 Å². The van der Waals surface area contributed by atoms with Gasteiger partial charge in [-0.3, -0.25) is 0 Å². The lowest BCUT2D eigenvalue weighted by Gasteiger charge is -2.19. The van der Waals surface area contributed by atoms with E-state index in [9.17, 15) is 0 Å². The number of halogens is 2. The van der Waals surface area contributed by atoms with Crippen molar-refractivity contribution >= 4 is 34.5 Å². The van der Waals surface area contributed by atoms with E-state index in [4.69, 9.17) is 23.2 Å². The molecule has 0 spiro atoms. The molecule has 0 radical (unpaired) electrons. The lowest BCUT2D eigenvalue weighted by atomic mass is 9.89. The van der Waals surface area contributed by atoms with Crippen LogP contribution in [0.1, 0.15) is 19.4 Å². The van der Waals surface area contributed by atoms with E-state index < -0.39 is 0 Å². The molecule has 0 saturated carbocycles. The Morgan fingerprint density at radius 2 is 2.17 bits per heavy atom. The summed E-state index contributed by atoms with van der Waals surface area (Å²) < 4.78 is 0.857. The Kier molecular flexibility index (Phi) is 3.45. The highest BCUT2D eigenvalue weighted by Crippen LogP contribution is 2.27. The van der Waals surface area contributed by atoms with Gasteiger partial charge in [0.15, 0.2) is 0 Å². The fraction of sp³-hybridized carbons (Fsp3) is 0.556. The number of rotatable bonds is 3. The minimum absolute atomic E-state index is 0.173. The van der Waals surface area contributed by atoms with E-state index in [1.807, 2.05) is 6.07 Å². The summed E-state index contributed by atoms with van der Waals surface area (Å²) in [5, 5.41) is 2.09. The van der Waals surface area contributed by atoms with E-state index in [1.165, 1.54) is 5.56 Å². The fourth-order valence-electron chi connectivity index (χ4n) is 1.04. The standard InChI is InChI=1S/C9H12Cl2S/c1-9(2,6-10)4-7-3-8(11)12-5-7/h3,5H,4,6H2,1-2H3. The van der Waals surface area contributed by atoms with Crippen molar-refractivity contribution < 1.29 is 0 Å². The second kappa shape index (κ2) is 3.99. The van der Waals surface area contributed by atoms with Gasteiger partial charge in [0.2, 0.25) is 0 Å². The summed E-state index contributed by atoms with van der Waals surface area (Å²) in [5.41, 5.74) is 1.46. The normalized spacial score (nSPS) is 12.0. The van der Waals surface area contributed by atoms with Crippen LogP contribution in [0.15, 0.2) is 11.4 Å². The molecule has 1 heterocycles. The minimum Gasteiger partial charge on any atom is -0.132 e. The average Bonchev–Trinajstić information content (AvgIpc) is 2.35.